The lowest BCUT2D eigenvalue weighted by Gasteiger charge is -2.23. The number of carbonyl (C=O) groups excluding carboxylic acids is 1. The van der Waals surface area contributed by atoms with Gasteiger partial charge in [0.1, 0.15) is 24.2 Å². The molecule has 1 aromatic rings. The summed E-state index contributed by atoms with van der Waals surface area (Å²) in [5, 5.41) is 5.75. The summed E-state index contributed by atoms with van der Waals surface area (Å²) >= 11 is 0. The molecule has 6 nitrogen and oxygen atoms in total. The van der Waals surface area contributed by atoms with E-state index in [1.807, 2.05) is 0 Å². The van der Waals surface area contributed by atoms with E-state index in [1.54, 1.807) is 25.4 Å². The highest BCUT2D eigenvalue weighted by Crippen LogP contribution is 2.12. The van der Waals surface area contributed by atoms with Gasteiger partial charge in [0.05, 0.1) is 6.61 Å². The van der Waals surface area contributed by atoms with Crippen LogP contribution in [0, 0.1) is 0 Å². The molecule has 2 N–H and O–H groups in total. The molecule has 1 fully saturated rings. The third-order valence-electron chi connectivity index (χ3n) is 2.63. The summed E-state index contributed by atoms with van der Waals surface area (Å²) in [4.78, 5) is 15.4. The fraction of sp³-hybridized carbons (Fsp3) is 0.500. The number of hydrogen-bond acceptors (Lipinski definition) is 5. The number of hydrogen-bond donors (Lipinski definition) is 2. The van der Waals surface area contributed by atoms with Gasteiger partial charge in [-0.2, -0.15) is 0 Å². The summed E-state index contributed by atoms with van der Waals surface area (Å²) in [6.07, 6.45) is 1.61. The van der Waals surface area contributed by atoms with Crippen LogP contribution < -0.4 is 15.4 Å². The second-order valence-electron chi connectivity index (χ2n) is 3.96. The van der Waals surface area contributed by atoms with Crippen LogP contribution in [0.15, 0.2) is 18.3 Å². The predicted molar refractivity (Wildman–Crippen MR) is 65.7 cm³/mol. The van der Waals surface area contributed by atoms with E-state index in [0.29, 0.717) is 24.7 Å². The number of morpholine rings is 1. The van der Waals surface area contributed by atoms with Crippen LogP contribution in [-0.4, -0.2) is 50.3 Å². The summed E-state index contributed by atoms with van der Waals surface area (Å²) in [5.41, 5.74) is 0.345. The van der Waals surface area contributed by atoms with Gasteiger partial charge in [0.15, 0.2) is 0 Å². The van der Waals surface area contributed by atoms with Gasteiger partial charge in [0.25, 0.3) is 5.91 Å². The van der Waals surface area contributed by atoms with Crippen molar-refractivity contribution < 1.29 is 14.3 Å². The van der Waals surface area contributed by atoms with E-state index >= 15 is 0 Å². The number of amides is 1. The largest absolute Gasteiger partial charge is 0.491 e. The Balaban J connectivity index is 1.90. The maximum Gasteiger partial charge on any atom is 0.269 e. The smallest absolute Gasteiger partial charge is 0.269 e. The standard InChI is InChI=1S/C12H17N3O3/c1-13-12(16)11-6-9(2-3-15-11)18-8-10-7-14-4-5-17-10/h2-3,6,10,14H,4-5,7-8H2,1H3,(H,13,16). The van der Waals surface area contributed by atoms with Crippen molar-refractivity contribution in [3.8, 4) is 5.75 Å². The van der Waals surface area contributed by atoms with Crippen molar-refractivity contribution in [2.24, 2.45) is 0 Å². The summed E-state index contributed by atoms with van der Waals surface area (Å²) in [6.45, 7) is 2.83. The Morgan fingerprint density at radius 3 is 3.33 bits per heavy atom. The molecule has 2 heterocycles. The minimum absolute atomic E-state index is 0.0513. The van der Waals surface area contributed by atoms with Crippen LogP contribution in [-0.2, 0) is 4.74 Å². The molecule has 1 saturated heterocycles. The number of rotatable bonds is 4. The number of aromatic nitrogens is 1. The summed E-state index contributed by atoms with van der Waals surface area (Å²) in [5.74, 6) is 0.397. The first-order valence-corrected chi connectivity index (χ1v) is 5.93. The Morgan fingerprint density at radius 2 is 2.61 bits per heavy atom. The summed E-state index contributed by atoms with van der Waals surface area (Å²) in [7, 11) is 1.57. The first-order chi connectivity index (χ1) is 8.79. The number of ether oxygens (including phenoxy) is 2. The van der Waals surface area contributed by atoms with Crippen LogP contribution in [0.25, 0.3) is 0 Å². The van der Waals surface area contributed by atoms with E-state index in [9.17, 15) is 4.79 Å². The summed E-state index contributed by atoms with van der Waals surface area (Å²) < 4.78 is 11.1. The number of nitrogens with one attached hydrogen (secondary N) is 2. The van der Waals surface area contributed by atoms with Crippen molar-refractivity contribution in [1.29, 1.82) is 0 Å². The van der Waals surface area contributed by atoms with Gasteiger partial charge in [-0.1, -0.05) is 0 Å². The van der Waals surface area contributed by atoms with Crippen molar-refractivity contribution in [3.05, 3.63) is 24.0 Å². The summed E-state index contributed by atoms with van der Waals surface area (Å²) in [6, 6.07) is 3.35. The molecule has 2 rings (SSSR count). The fourth-order valence-electron chi connectivity index (χ4n) is 1.67. The van der Waals surface area contributed by atoms with Crippen LogP contribution in [0.3, 0.4) is 0 Å². The zero-order chi connectivity index (χ0) is 12.8. The molecule has 98 valence electrons. The minimum atomic E-state index is -0.226. The fourth-order valence-corrected chi connectivity index (χ4v) is 1.67. The number of nitrogens with zero attached hydrogens (tertiary/aromatic N) is 1. The Morgan fingerprint density at radius 1 is 1.72 bits per heavy atom. The number of carbonyl (C=O) groups is 1. The van der Waals surface area contributed by atoms with Gasteiger partial charge in [0.2, 0.25) is 0 Å². The molecule has 0 aliphatic carbocycles. The highest BCUT2D eigenvalue weighted by Gasteiger charge is 2.14. The maximum atomic E-state index is 11.4. The van der Waals surface area contributed by atoms with Gasteiger partial charge in [-0.15, -0.1) is 0 Å². The molecule has 0 bridgehead atoms. The highest BCUT2D eigenvalue weighted by atomic mass is 16.5. The molecule has 0 saturated carbocycles. The van der Waals surface area contributed by atoms with Crippen molar-refractivity contribution in [3.63, 3.8) is 0 Å². The van der Waals surface area contributed by atoms with Crippen molar-refractivity contribution >= 4 is 5.91 Å². The predicted octanol–water partition coefficient (Wildman–Crippen LogP) is -0.192. The molecule has 6 heteroatoms. The van der Waals surface area contributed by atoms with E-state index < -0.39 is 0 Å². The number of pyridine rings is 1. The molecular formula is C12H17N3O3. The van der Waals surface area contributed by atoms with Crippen LogP contribution in [0.2, 0.25) is 0 Å². The van der Waals surface area contributed by atoms with E-state index in [0.717, 1.165) is 13.1 Å². The van der Waals surface area contributed by atoms with E-state index in [2.05, 4.69) is 15.6 Å². The third kappa shape index (κ3) is 3.41. The molecule has 1 aliphatic heterocycles. The normalized spacial score (nSPS) is 19.3. The van der Waals surface area contributed by atoms with E-state index in [1.165, 1.54) is 0 Å². The monoisotopic (exact) mass is 251 g/mol. The van der Waals surface area contributed by atoms with E-state index in [-0.39, 0.29) is 12.0 Å². The first-order valence-electron chi connectivity index (χ1n) is 5.93. The molecule has 18 heavy (non-hydrogen) atoms. The lowest BCUT2D eigenvalue weighted by atomic mass is 10.3. The zero-order valence-electron chi connectivity index (χ0n) is 10.3. The molecule has 0 spiro atoms. The topological polar surface area (TPSA) is 72.5 Å². The first kappa shape index (κ1) is 12.8. The lowest BCUT2D eigenvalue weighted by molar-refractivity contribution is 0.000167. The second-order valence-corrected chi connectivity index (χ2v) is 3.96. The molecule has 1 aromatic heterocycles. The van der Waals surface area contributed by atoms with E-state index in [4.69, 9.17) is 9.47 Å². The zero-order valence-corrected chi connectivity index (χ0v) is 10.3. The van der Waals surface area contributed by atoms with Crippen molar-refractivity contribution in [1.82, 2.24) is 15.6 Å². The molecule has 0 radical (unpaired) electrons. The Labute approximate surface area is 106 Å². The Kier molecular flexibility index (Phi) is 4.49. The molecule has 1 unspecified atom stereocenters. The Hall–Kier alpha value is -1.66. The molecule has 0 aromatic carbocycles. The van der Waals surface area contributed by atoms with Crippen LogP contribution >= 0.6 is 0 Å². The second kappa shape index (κ2) is 6.32. The average molecular weight is 251 g/mol. The molecule has 1 amide bonds. The molecular weight excluding hydrogens is 234 g/mol. The van der Waals surface area contributed by atoms with Crippen molar-refractivity contribution in [2.75, 3.05) is 33.4 Å². The molecule has 1 aliphatic rings. The lowest BCUT2D eigenvalue weighted by Crippen LogP contribution is -2.41. The van der Waals surface area contributed by atoms with Gasteiger partial charge in [0, 0.05) is 32.4 Å². The average Bonchev–Trinajstić information content (AvgIpc) is 2.45. The SMILES string of the molecule is CNC(=O)c1cc(OCC2CNCCO2)ccn1. The maximum absolute atomic E-state index is 11.4. The Bertz CT molecular complexity index is 405. The van der Waals surface area contributed by atoms with Crippen LogP contribution in [0.5, 0.6) is 5.75 Å². The van der Waals surface area contributed by atoms with Gasteiger partial charge < -0.3 is 20.1 Å². The van der Waals surface area contributed by atoms with Gasteiger partial charge >= 0.3 is 0 Å². The van der Waals surface area contributed by atoms with Gasteiger partial charge in [-0.25, -0.2) is 0 Å². The van der Waals surface area contributed by atoms with Crippen LogP contribution in [0.4, 0.5) is 0 Å². The van der Waals surface area contributed by atoms with Gasteiger partial charge in [-0.3, -0.25) is 9.78 Å². The van der Waals surface area contributed by atoms with Crippen LogP contribution in [0.1, 0.15) is 10.5 Å². The van der Waals surface area contributed by atoms with Crippen molar-refractivity contribution in [2.45, 2.75) is 6.10 Å². The van der Waals surface area contributed by atoms with Gasteiger partial charge in [-0.05, 0) is 6.07 Å². The minimum Gasteiger partial charge on any atom is -0.491 e. The molecule has 1 atom stereocenters. The quantitative estimate of drug-likeness (QED) is 0.776. The highest BCUT2D eigenvalue weighted by molar-refractivity contribution is 5.92. The third-order valence-corrected chi connectivity index (χ3v) is 2.63.